The highest BCUT2D eigenvalue weighted by Gasteiger charge is 2.12. The van der Waals surface area contributed by atoms with E-state index in [4.69, 9.17) is 16.3 Å². The Kier molecular flexibility index (Phi) is 6.47. The van der Waals surface area contributed by atoms with Crippen LogP contribution in [-0.4, -0.2) is 15.8 Å². The van der Waals surface area contributed by atoms with E-state index in [9.17, 15) is 4.79 Å². The van der Waals surface area contributed by atoms with Crippen molar-refractivity contribution >= 4 is 45.0 Å². The molecule has 0 aliphatic heterocycles. The molecule has 1 aromatic carbocycles. The zero-order chi connectivity index (χ0) is 20.3. The average Bonchev–Trinajstić information content (AvgIpc) is 3.04. The fourth-order valence-corrected chi connectivity index (χ4v) is 3.91. The summed E-state index contributed by atoms with van der Waals surface area (Å²) in [7, 11) is 0. The van der Waals surface area contributed by atoms with Gasteiger partial charge in [0, 0.05) is 30.7 Å². The highest BCUT2D eigenvalue weighted by Crippen LogP contribution is 2.36. The lowest BCUT2D eigenvalue weighted by atomic mass is 10.0. The van der Waals surface area contributed by atoms with Gasteiger partial charge in [0.2, 0.25) is 5.88 Å². The lowest BCUT2D eigenvalue weighted by Crippen LogP contribution is -1.97. The number of nitrogens with zero attached hydrogens (tertiary/aromatic N) is 2. The first-order valence-corrected chi connectivity index (χ1v) is 10.4. The van der Waals surface area contributed by atoms with Crippen LogP contribution in [0.2, 0.25) is 5.02 Å². The predicted molar refractivity (Wildman–Crippen MR) is 117 cm³/mol. The highest BCUT2D eigenvalue weighted by atomic mass is 35.5. The summed E-state index contributed by atoms with van der Waals surface area (Å²) >= 11 is 8.02. The third-order valence-electron chi connectivity index (χ3n) is 4.15. The Morgan fingerprint density at radius 1 is 1.29 bits per heavy atom. The summed E-state index contributed by atoms with van der Waals surface area (Å²) in [6.07, 6.45) is 6.26. The highest BCUT2D eigenvalue weighted by molar-refractivity contribution is 7.18. The van der Waals surface area contributed by atoms with Gasteiger partial charge in [0.15, 0.2) is 0 Å². The van der Waals surface area contributed by atoms with Gasteiger partial charge in [0.05, 0.1) is 20.2 Å². The van der Waals surface area contributed by atoms with Gasteiger partial charge in [-0.05, 0) is 30.5 Å². The molecule has 28 heavy (non-hydrogen) atoms. The van der Waals surface area contributed by atoms with E-state index in [1.165, 1.54) is 0 Å². The Morgan fingerprint density at radius 3 is 2.71 bits per heavy atom. The van der Waals surface area contributed by atoms with Crippen LogP contribution in [0, 0.1) is 5.92 Å². The van der Waals surface area contributed by atoms with E-state index in [0.717, 1.165) is 20.8 Å². The Bertz CT molecular complexity index is 1010. The van der Waals surface area contributed by atoms with Gasteiger partial charge in [-0.3, -0.25) is 0 Å². The quantitative estimate of drug-likeness (QED) is 0.422. The third-order valence-corrected chi connectivity index (χ3v) is 5.77. The van der Waals surface area contributed by atoms with E-state index in [0.29, 0.717) is 29.0 Å². The van der Waals surface area contributed by atoms with Gasteiger partial charge >= 0.3 is 0 Å². The Balaban J connectivity index is 1.74. The van der Waals surface area contributed by atoms with Gasteiger partial charge in [-0.25, -0.2) is 9.97 Å². The SMILES string of the molecule is CC(=O)CC(C)C=Cc1ccc(Oc2cc3sc(C(C)C)nc3cc2Cl)nc1. The van der Waals surface area contributed by atoms with E-state index >= 15 is 0 Å². The summed E-state index contributed by atoms with van der Waals surface area (Å²) in [4.78, 5) is 20.1. The molecular formula is C22H23ClN2O2S. The molecule has 0 N–H and O–H groups in total. The van der Waals surface area contributed by atoms with Crippen LogP contribution in [0.1, 0.15) is 50.6 Å². The van der Waals surface area contributed by atoms with Crippen molar-refractivity contribution in [3.8, 4) is 11.6 Å². The molecular weight excluding hydrogens is 392 g/mol. The van der Waals surface area contributed by atoms with Gasteiger partial charge in [-0.15, -0.1) is 11.3 Å². The van der Waals surface area contributed by atoms with Crippen LogP contribution in [0.5, 0.6) is 11.6 Å². The number of hydrogen-bond donors (Lipinski definition) is 0. The second-order valence-electron chi connectivity index (χ2n) is 7.23. The maximum atomic E-state index is 11.2. The molecule has 1 atom stereocenters. The number of rotatable bonds is 7. The number of carbonyl (C=O) groups is 1. The second-order valence-corrected chi connectivity index (χ2v) is 8.70. The smallest absolute Gasteiger partial charge is 0.219 e. The summed E-state index contributed by atoms with van der Waals surface area (Å²) in [6.45, 7) is 7.87. The molecule has 146 valence electrons. The number of thiazole rings is 1. The Labute approximate surface area is 174 Å². The number of benzene rings is 1. The van der Waals surface area contributed by atoms with E-state index in [-0.39, 0.29) is 11.7 Å². The standard InChI is InChI=1S/C22H23ClN2O2S/c1-13(2)22-25-18-10-17(23)19(11-20(18)28-22)27-21-8-7-16(12-24-21)6-5-14(3)9-15(4)26/h5-8,10-14H,9H2,1-4H3. The molecule has 0 spiro atoms. The molecule has 3 rings (SSSR count). The Morgan fingerprint density at radius 2 is 2.07 bits per heavy atom. The minimum Gasteiger partial charge on any atom is -0.437 e. The fourth-order valence-electron chi connectivity index (χ4n) is 2.73. The first-order chi connectivity index (χ1) is 13.3. The fraction of sp³-hybridized carbons (Fsp3) is 0.318. The van der Waals surface area contributed by atoms with Gasteiger partial charge in [0.1, 0.15) is 11.5 Å². The molecule has 0 aliphatic carbocycles. The van der Waals surface area contributed by atoms with Crippen molar-refractivity contribution in [3.63, 3.8) is 0 Å². The van der Waals surface area contributed by atoms with Crippen molar-refractivity contribution in [2.75, 3.05) is 0 Å². The molecule has 0 aliphatic rings. The zero-order valence-electron chi connectivity index (χ0n) is 16.4. The molecule has 0 bridgehead atoms. The first-order valence-electron chi connectivity index (χ1n) is 9.23. The number of hydrogen-bond acceptors (Lipinski definition) is 5. The van der Waals surface area contributed by atoms with E-state index in [1.807, 2.05) is 43.3 Å². The van der Waals surface area contributed by atoms with E-state index in [2.05, 4.69) is 23.8 Å². The first kappa shape index (κ1) is 20.5. The van der Waals surface area contributed by atoms with Gasteiger partial charge in [-0.2, -0.15) is 0 Å². The molecule has 0 saturated heterocycles. The molecule has 6 heteroatoms. The number of pyridine rings is 1. The summed E-state index contributed by atoms with van der Waals surface area (Å²) in [5.74, 6) is 1.81. The molecule has 2 aromatic heterocycles. The second kappa shape index (κ2) is 8.84. The minimum absolute atomic E-state index is 0.189. The lowest BCUT2D eigenvalue weighted by Gasteiger charge is -2.07. The average molecular weight is 415 g/mol. The Hall–Kier alpha value is -2.24. The topological polar surface area (TPSA) is 52.1 Å². The number of allylic oxidation sites excluding steroid dienone is 1. The predicted octanol–water partition coefficient (Wildman–Crippen LogP) is 6.89. The summed E-state index contributed by atoms with van der Waals surface area (Å²) in [6, 6.07) is 7.49. The summed E-state index contributed by atoms with van der Waals surface area (Å²) < 4.78 is 6.93. The van der Waals surface area contributed by atoms with E-state index < -0.39 is 0 Å². The van der Waals surface area contributed by atoms with Crippen molar-refractivity contribution in [1.29, 1.82) is 0 Å². The maximum absolute atomic E-state index is 11.2. The molecule has 4 nitrogen and oxygen atoms in total. The van der Waals surface area contributed by atoms with Crippen molar-refractivity contribution in [1.82, 2.24) is 9.97 Å². The summed E-state index contributed by atoms with van der Waals surface area (Å²) in [5, 5.41) is 1.59. The van der Waals surface area contributed by atoms with Gasteiger partial charge in [0.25, 0.3) is 0 Å². The van der Waals surface area contributed by atoms with Crippen LogP contribution in [0.15, 0.2) is 36.5 Å². The monoisotopic (exact) mass is 414 g/mol. The summed E-state index contributed by atoms with van der Waals surface area (Å²) in [5.41, 5.74) is 1.84. The van der Waals surface area contributed by atoms with Gasteiger partial charge in [-0.1, -0.05) is 44.5 Å². The number of Topliss-reactive ketones (excluding diaryl/α,β-unsaturated/α-hetero) is 1. The number of ether oxygens (including phenoxy) is 1. The molecule has 0 radical (unpaired) electrons. The van der Waals surface area contributed by atoms with Crippen LogP contribution >= 0.6 is 22.9 Å². The number of halogens is 1. The van der Waals surface area contributed by atoms with Crippen LogP contribution in [-0.2, 0) is 4.79 Å². The van der Waals surface area contributed by atoms with Crippen LogP contribution in [0.3, 0.4) is 0 Å². The zero-order valence-corrected chi connectivity index (χ0v) is 18.0. The van der Waals surface area contributed by atoms with Crippen molar-refractivity contribution in [2.24, 2.45) is 5.92 Å². The minimum atomic E-state index is 0.189. The number of fused-ring (bicyclic) bond motifs is 1. The van der Waals surface area contributed by atoms with Crippen LogP contribution in [0.4, 0.5) is 0 Å². The number of carbonyl (C=O) groups excluding carboxylic acids is 1. The molecule has 2 heterocycles. The molecule has 0 saturated carbocycles. The maximum Gasteiger partial charge on any atom is 0.219 e. The third kappa shape index (κ3) is 5.18. The molecule has 1 unspecified atom stereocenters. The van der Waals surface area contributed by atoms with Crippen molar-refractivity contribution in [2.45, 2.75) is 40.0 Å². The molecule has 3 aromatic rings. The largest absolute Gasteiger partial charge is 0.437 e. The van der Waals surface area contributed by atoms with E-state index in [1.54, 1.807) is 24.5 Å². The lowest BCUT2D eigenvalue weighted by molar-refractivity contribution is -0.117. The van der Waals surface area contributed by atoms with Crippen molar-refractivity contribution < 1.29 is 9.53 Å². The van der Waals surface area contributed by atoms with Crippen LogP contribution in [0.25, 0.3) is 16.3 Å². The normalized spacial score (nSPS) is 12.8. The van der Waals surface area contributed by atoms with Crippen molar-refractivity contribution in [3.05, 3.63) is 52.1 Å². The molecule has 0 amide bonds. The number of aromatic nitrogens is 2. The van der Waals surface area contributed by atoms with Gasteiger partial charge < -0.3 is 9.53 Å². The van der Waals surface area contributed by atoms with Crippen LogP contribution < -0.4 is 4.74 Å². The number of ketones is 1. The molecule has 0 fully saturated rings.